The van der Waals surface area contributed by atoms with Crippen molar-refractivity contribution >= 4 is 43.7 Å². The highest BCUT2D eigenvalue weighted by molar-refractivity contribution is 6.12. The highest BCUT2D eigenvalue weighted by atomic mass is 15.0. The lowest BCUT2D eigenvalue weighted by molar-refractivity contribution is 1.17. The molecule has 0 atom stereocenters. The average molecular weight is 717 g/mol. The first-order valence-corrected chi connectivity index (χ1v) is 18.7. The van der Waals surface area contributed by atoms with Gasteiger partial charge in [0.15, 0.2) is 0 Å². The predicted molar refractivity (Wildman–Crippen MR) is 228 cm³/mol. The van der Waals surface area contributed by atoms with Gasteiger partial charge in [-0.05, 0) is 125 Å². The van der Waals surface area contributed by atoms with E-state index in [2.05, 4.69) is 153 Å². The van der Waals surface area contributed by atoms with Gasteiger partial charge in [-0.1, -0.05) is 72.8 Å². The van der Waals surface area contributed by atoms with E-state index in [0.29, 0.717) is 0 Å². The summed E-state index contributed by atoms with van der Waals surface area (Å²) < 4.78 is 4.67. The van der Waals surface area contributed by atoms with Crippen molar-refractivity contribution in [1.29, 1.82) is 0 Å². The minimum atomic E-state index is 0.804. The highest BCUT2D eigenvalue weighted by Crippen LogP contribution is 2.38. The Labute approximate surface area is 322 Å². The molecule has 0 saturated heterocycles. The third-order valence-corrected chi connectivity index (χ3v) is 10.7. The molecule has 0 aliphatic rings. The van der Waals surface area contributed by atoms with Crippen LogP contribution >= 0.6 is 0 Å². The fourth-order valence-electron chi connectivity index (χ4n) is 8.09. The van der Waals surface area contributed by atoms with E-state index in [9.17, 15) is 0 Å². The maximum absolute atomic E-state index is 4.96. The molecule has 11 aromatic rings. The van der Waals surface area contributed by atoms with Gasteiger partial charge in [0, 0.05) is 46.1 Å². The van der Waals surface area contributed by atoms with Gasteiger partial charge >= 0.3 is 0 Å². The van der Waals surface area contributed by atoms with Crippen molar-refractivity contribution in [3.63, 3.8) is 0 Å². The third kappa shape index (κ3) is 5.27. The second-order valence-corrected chi connectivity index (χ2v) is 14.0. The Kier molecular flexibility index (Phi) is 7.38. The van der Waals surface area contributed by atoms with Crippen molar-refractivity contribution in [1.82, 2.24) is 29.1 Å². The number of hydrogen-bond acceptors (Lipinski definition) is 4. The standard InChI is InChI=1S/C50H32N6/c1-2-11-37(12-3-1)55-46-16-5-4-13-39(46)40-29-34(20-24-47(40)55)35-21-25-48-41(30-35)50-49(17-10-28-53-50)56(48)38-22-18-33(19-23-38)36-31-44(42-14-6-8-26-51-42)54-45(32-36)43-15-7-9-27-52-43/h1-32H. The van der Waals surface area contributed by atoms with Gasteiger partial charge < -0.3 is 9.13 Å². The van der Waals surface area contributed by atoms with Crippen LogP contribution in [0.25, 0.3) is 100 Å². The van der Waals surface area contributed by atoms with Crippen LogP contribution in [0.1, 0.15) is 0 Å². The van der Waals surface area contributed by atoms with E-state index < -0.39 is 0 Å². The first kappa shape index (κ1) is 31.8. The van der Waals surface area contributed by atoms with Crippen LogP contribution in [0.4, 0.5) is 0 Å². The first-order chi connectivity index (χ1) is 27.8. The topological polar surface area (TPSA) is 61.4 Å². The Morgan fingerprint density at radius 2 is 0.839 bits per heavy atom. The van der Waals surface area contributed by atoms with Crippen LogP contribution in [0.2, 0.25) is 0 Å². The van der Waals surface area contributed by atoms with E-state index in [-0.39, 0.29) is 0 Å². The summed E-state index contributed by atoms with van der Waals surface area (Å²) >= 11 is 0. The van der Waals surface area contributed by atoms with Gasteiger partial charge in [0.1, 0.15) is 0 Å². The summed E-state index contributed by atoms with van der Waals surface area (Å²) in [5.41, 5.74) is 15.5. The van der Waals surface area contributed by atoms with Gasteiger partial charge in [-0.25, -0.2) is 4.98 Å². The van der Waals surface area contributed by atoms with Crippen LogP contribution in [-0.2, 0) is 0 Å². The maximum Gasteiger partial charge on any atom is 0.0963 e. The summed E-state index contributed by atoms with van der Waals surface area (Å²) in [6.45, 7) is 0. The number of para-hydroxylation sites is 2. The van der Waals surface area contributed by atoms with E-state index in [0.717, 1.165) is 72.8 Å². The van der Waals surface area contributed by atoms with Gasteiger partial charge in [-0.3, -0.25) is 15.0 Å². The zero-order valence-electron chi connectivity index (χ0n) is 30.2. The molecule has 0 fully saturated rings. The quantitative estimate of drug-likeness (QED) is 0.172. The van der Waals surface area contributed by atoms with Crippen LogP contribution in [-0.4, -0.2) is 29.1 Å². The lowest BCUT2D eigenvalue weighted by Crippen LogP contribution is -1.95. The molecule has 0 amide bonds. The Balaban J connectivity index is 1.01. The molecule has 56 heavy (non-hydrogen) atoms. The number of fused-ring (bicyclic) bond motifs is 6. The molecule has 11 rings (SSSR count). The van der Waals surface area contributed by atoms with Crippen molar-refractivity contribution in [2.45, 2.75) is 0 Å². The van der Waals surface area contributed by atoms with Crippen LogP contribution in [0.5, 0.6) is 0 Å². The molecule has 0 bridgehead atoms. The molecule has 0 spiro atoms. The molecule has 262 valence electrons. The molecule has 6 heteroatoms. The molecule has 6 heterocycles. The first-order valence-electron chi connectivity index (χ1n) is 18.7. The molecule has 5 aromatic carbocycles. The summed E-state index contributed by atoms with van der Waals surface area (Å²) in [7, 11) is 0. The number of aromatic nitrogens is 6. The number of pyridine rings is 4. The third-order valence-electron chi connectivity index (χ3n) is 10.7. The Morgan fingerprint density at radius 1 is 0.304 bits per heavy atom. The average Bonchev–Trinajstić information content (AvgIpc) is 3.79. The minimum absolute atomic E-state index is 0.804. The summed E-state index contributed by atoms with van der Waals surface area (Å²) in [6.07, 6.45) is 5.48. The van der Waals surface area contributed by atoms with Crippen LogP contribution in [0.15, 0.2) is 195 Å². The summed E-state index contributed by atoms with van der Waals surface area (Å²) in [4.78, 5) is 19.1. The van der Waals surface area contributed by atoms with E-state index >= 15 is 0 Å². The van der Waals surface area contributed by atoms with Gasteiger partial charge in [0.2, 0.25) is 0 Å². The van der Waals surface area contributed by atoms with Crippen molar-refractivity contribution in [2.24, 2.45) is 0 Å². The zero-order chi connectivity index (χ0) is 37.0. The molecule has 0 aliphatic heterocycles. The summed E-state index contributed by atoms with van der Waals surface area (Å²) in [6, 6.07) is 61.7. The Morgan fingerprint density at radius 3 is 1.54 bits per heavy atom. The highest BCUT2D eigenvalue weighted by Gasteiger charge is 2.17. The van der Waals surface area contributed by atoms with E-state index in [4.69, 9.17) is 9.97 Å². The Hall–Kier alpha value is -7.70. The molecular weight excluding hydrogens is 685 g/mol. The molecular formula is C50H32N6. The Bertz CT molecular complexity index is 3160. The molecule has 0 radical (unpaired) electrons. The van der Waals surface area contributed by atoms with Crippen molar-refractivity contribution < 1.29 is 0 Å². The molecule has 0 N–H and O–H groups in total. The molecule has 6 nitrogen and oxygen atoms in total. The van der Waals surface area contributed by atoms with Gasteiger partial charge in [-0.2, -0.15) is 0 Å². The molecule has 0 unspecified atom stereocenters. The second-order valence-electron chi connectivity index (χ2n) is 14.0. The lowest BCUT2D eigenvalue weighted by atomic mass is 10.0. The SMILES string of the molecule is c1ccc(-n2c3ccccc3c3cc(-c4ccc5c(c4)c4ncccc4n5-c4ccc(-c5cc(-c6ccccn6)nc(-c6ccccn6)c5)cc4)ccc32)cc1. The number of hydrogen-bond donors (Lipinski definition) is 0. The summed E-state index contributed by atoms with van der Waals surface area (Å²) in [5.74, 6) is 0. The van der Waals surface area contributed by atoms with Crippen molar-refractivity contribution in [2.75, 3.05) is 0 Å². The fourth-order valence-corrected chi connectivity index (χ4v) is 8.09. The largest absolute Gasteiger partial charge is 0.309 e. The number of nitrogens with zero attached hydrogens (tertiary/aromatic N) is 6. The number of rotatable bonds is 6. The van der Waals surface area contributed by atoms with E-state index in [1.807, 2.05) is 48.7 Å². The van der Waals surface area contributed by atoms with Gasteiger partial charge in [-0.15, -0.1) is 0 Å². The predicted octanol–water partition coefficient (Wildman–Crippen LogP) is 12.1. The molecule has 0 aliphatic carbocycles. The van der Waals surface area contributed by atoms with E-state index in [1.54, 1.807) is 12.4 Å². The maximum atomic E-state index is 4.96. The van der Waals surface area contributed by atoms with Crippen molar-refractivity contribution in [3.05, 3.63) is 195 Å². The zero-order valence-corrected chi connectivity index (χ0v) is 30.2. The van der Waals surface area contributed by atoms with Crippen LogP contribution in [0.3, 0.4) is 0 Å². The van der Waals surface area contributed by atoms with Gasteiger partial charge in [0.25, 0.3) is 0 Å². The molecule has 6 aromatic heterocycles. The van der Waals surface area contributed by atoms with Crippen LogP contribution in [0, 0.1) is 0 Å². The summed E-state index contributed by atoms with van der Waals surface area (Å²) in [5, 5.41) is 3.59. The minimum Gasteiger partial charge on any atom is -0.309 e. The van der Waals surface area contributed by atoms with Gasteiger partial charge in [0.05, 0.1) is 50.4 Å². The monoisotopic (exact) mass is 716 g/mol. The second kappa shape index (κ2) is 13.0. The lowest BCUT2D eigenvalue weighted by Gasteiger charge is -2.12. The fraction of sp³-hybridized carbons (Fsp3) is 0. The molecule has 0 saturated carbocycles. The normalized spacial score (nSPS) is 11.6. The number of benzene rings is 5. The van der Waals surface area contributed by atoms with Crippen LogP contribution < -0.4 is 0 Å². The van der Waals surface area contributed by atoms with E-state index in [1.165, 1.54) is 27.4 Å². The van der Waals surface area contributed by atoms with Crippen molar-refractivity contribution in [3.8, 4) is 56.4 Å². The smallest absolute Gasteiger partial charge is 0.0963 e.